The van der Waals surface area contributed by atoms with Gasteiger partial charge in [0.1, 0.15) is 24.0 Å². The van der Waals surface area contributed by atoms with Crippen LogP contribution in [-0.2, 0) is 29.0 Å². The van der Waals surface area contributed by atoms with Crippen molar-refractivity contribution in [1.29, 1.82) is 0 Å². The van der Waals surface area contributed by atoms with E-state index >= 15 is 0 Å². The van der Waals surface area contributed by atoms with Gasteiger partial charge in [0.15, 0.2) is 0 Å². The van der Waals surface area contributed by atoms with E-state index in [1.165, 1.54) is 0 Å². The number of esters is 1. The maximum Gasteiger partial charge on any atom is 0.408 e. The number of fused-ring (bicyclic) bond motifs is 3. The van der Waals surface area contributed by atoms with Gasteiger partial charge < -0.3 is 19.2 Å². The van der Waals surface area contributed by atoms with Gasteiger partial charge in [0.2, 0.25) is 0 Å². The Kier molecular flexibility index (Phi) is 7.01. The van der Waals surface area contributed by atoms with Crippen molar-refractivity contribution in [2.75, 3.05) is 0 Å². The van der Waals surface area contributed by atoms with Crippen LogP contribution in [0.5, 0.6) is 5.75 Å². The van der Waals surface area contributed by atoms with Crippen molar-refractivity contribution in [3.05, 3.63) is 75.1 Å². The van der Waals surface area contributed by atoms with Gasteiger partial charge in [-0.1, -0.05) is 44.2 Å². The van der Waals surface area contributed by atoms with Crippen LogP contribution in [-0.4, -0.2) is 18.1 Å². The molecular weight excluding hydrogens is 434 g/mol. The lowest BCUT2D eigenvalue weighted by molar-refractivity contribution is -0.137. The van der Waals surface area contributed by atoms with E-state index in [2.05, 4.69) is 5.32 Å². The molecule has 178 valence electrons. The van der Waals surface area contributed by atoms with Gasteiger partial charge in [-0.3, -0.25) is 0 Å². The first-order valence-corrected chi connectivity index (χ1v) is 11.6. The van der Waals surface area contributed by atoms with Crippen LogP contribution in [0.3, 0.4) is 0 Å². The Bertz CT molecular complexity index is 1260. The molecule has 7 nitrogen and oxygen atoms in total. The molecule has 0 aliphatic heterocycles. The number of amides is 1. The molecule has 34 heavy (non-hydrogen) atoms. The lowest BCUT2D eigenvalue weighted by Crippen LogP contribution is -2.44. The molecule has 1 aliphatic rings. The highest BCUT2D eigenvalue weighted by atomic mass is 16.6. The number of nitrogens with one attached hydrogen (secondary N) is 1. The smallest absolute Gasteiger partial charge is 0.408 e. The number of ether oxygens (including phenoxy) is 2. The van der Waals surface area contributed by atoms with E-state index in [1.807, 2.05) is 51.1 Å². The molecule has 0 bridgehead atoms. The zero-order valence-electron chi connectivity index (χ0n) is 19.7. The van der Waals surface area contributed by atoms with Crippen LogP contribution in [0.15, 0.2) is 51.7 Å². The number of carbonyl (C=O) groups excluding carboxylic acids is 2. The van der Waals surface area contributed by atoms with E-state index < -0.39 is 18.1 Å². The van der Waals surface area contributed by atoms with Crippen LogP contribution in [0.2, 0.25) is 0 Å². The van der Waals surface area contributed by atoms with Crippen molar-refractivity contribution in [3.63, 3.8) is 0 Å². The molecule has 0 fully saturated rings. The average Bonchev–Trinajstić information content (AvgIpc) is 3.28. The summed E-state index contributed by atoms with van der Waals surface area (Å²) >= 11 is 0. The Morgan fingerprint density at radius 3 is 2.56 bits per heavy atom. The first-order chi connectivity index (χ1) is 16.3. The molecule has 1 heterocycles. The third-order valence-electron chi connectivity index (χ3n) is 5.89. The third kappa shape index (κ3) is 5.30. The number of hydrogen-bond acceptors (Lipinski definition) is 6. The molecule has 1 N–H and O–H groups in total. The summed E-state index contributed by atoms with van der Waals surface area (Å²) in [7, 11) is 0. The maximum atomic E-state index is 13.2. The lowest BCUT2D eigenvalue weighted by Gasteiger charge is -2.20. The highest BCUT2D eigenvalue weighted by molar-refractivity contribution is 5.92. The summed E-state index contributed by atoms with van der Waals surface area (Å²) in [6, 6.07) is 12.0. The number of benzene rings is 2. The predicted molar refractivity (Wildman–Crippen MR) is 128 cm³/mol. The maximum absolute atomic E-state index is 13.2. The Labute approximate surface area is 198 Å². The Morgan fingerprint density at radius 2 is 1.82 bits per heavy atom. The van der Waals surface area contributed by atoms with E-state index in [4.69, 9.17) is 13.9 Å². The Balaban J connectivity index is 1.55. The molecule has 0 saturated heterocycles. The quantitative estimate of drug-likeness (QED) is 0.306. The first-order valence-electron chi connectivity index (χ1n) is 11.6. The number of carbonyl (C=O) groups is 2. The molecule has 3 aromatic rings. The number of alkyl carbamates (subject to hydrolysis) is 1. The first kappa shape index (κ1) is 23.5. The highest BCUT2D eigenvalue weighted by Crippen LogP contribution is 2.35. The monoisotopic (exact) mass is 463 g/mol. The fraction of sp³-hybridized carbons (Fsp3) is 0.370. The summed E-state index contributed by atoms with van der Waals surface area (Å²) in [6.07, 6.45) is 1.93. The molecule has 1 amide bonds. The number of rotatable bonds is 7. The molecule has 4 rings (SSSR count). The molecule has 0 spiro atoms. The minimum absolute atomic E-state index is 0.101. The van der Waals surface area contributed by atoms with Gasteiger partial charge in [0.05, 0.1) is 5.39 Å². The van der Waals surface area contributed by atoms with E-state index in [0.717, 1.165) is 29.5 Å². The van der Waals surface area contributed by atoms with Crippen LogP contribution in [0, 0.1) is 12.8 Å². The minimum atomic E-state index is -0.886. The summed E-state index contributed by atoms with van der Waals surface area (Å²) in [5.41, 5.74) is 3.25. The fourth-order valence-electron chi connectivity index (χ4n) is 4.36. The van der Waals surface area contributed by atoms with Gasteiger partial charge in [-0.15, -0.1) is 0 Å². The standard InChI is InChI=1S/C27H29NO6/c1-16(2)12-21(28-27(31)32-15-18-8-5-4-6-9-18)26(30)34-23-14-17(3)13-22-24(23)19-10-7-11-20(19)25(29)33-22/h4-6,8-9,13-14,16,21H,7,10-12,15H2,1-3H3,(H,28,31)/t21-/m1/s1. The van der Waals surface area contributed by atoms with E-state index in [0.29, 0.717) is 35.1 Å². The summed E-state index contributed by atoms with van der Waals surface area (Å²) < 4.78 is 16.7. The minimum Gasteiger partial charge on any atom is -0.445 e. The van der Waals surface area contributed by atoms with Gasteiger partial charge in [-0.25, -0.2) is 14.4 Å². The summed E-state index contributed by atoms with van der Waals surface area (Å²) in [5.74, 6) is -0.117. The zero-order chi connectivity index (χ0) is 24.2. The van der Waals surface area contributed by atoms with Crippen LogP contribution in [0.4, 0.5) is 4.79 Å². The second kappa shape index (κ2) is 10.1. The molecular formula is C27H29NO6. The van der Waals surface area contributed by atoms with Crippen molar-refractivity contribution < 1.29 is 23.5 Å². The number of hydrogen-bond donors (Lipinski definition) is 1. The Morgan fingerprint density at radius 1 is 1.09 bits per heavy atom. The van der Waals surface area contributed by atoms with Crippen molar-refractivity contribution in [2.45, 2.75) is 59.1 Å². The van der Waals surface area contributed by atoms with Gasteiger partial charge in [-0.05, 0) is 67.3 Å². The van der Waals surface area contributed by atoms with Gasteiger partial charge in [0, 0.05) is 5.56 Å². The van der Waals surface area contributed by atoms with Crippen LogP contribution >= 0.6 is 0 Å². The highest BCUT2D eigenvalue weighted by Gasteiger charge is 2.28. The van der Waals surface area contributed by atoms with E-state index in [9.17, 15) is 14.4 Å². The molecule has 0 radical (unpaired) electrons. The van der Waals surface area contributed by atoms with Crippen molar-refractivity contribution in [3.8, 4) is 5.75 Å². The topological polar surface area (TPSA) is 94.8 Å². The Hall–Kier alpha value is -3.61. The predicted octanol–water partition coefficient (Wildman–Crippen LogP) is 4.84. The summed E-state index contributed by atoms with van der Waals surface area (Å²) in [5, 5.41) is 3.31. The number of aryl methyl sites for hydroxylation is 2. The van der Waals surface area contributed by atoms with Gasteiger partial charge >= 0.3 is 17.7 Å². The summed E-state index contributed by atoms with van der Waals surface area (Å²) in [4.78, 5) is 38.0. The van der Waals surface area contributed by atoms with Crippen molar-refractivity contribution >= 4 is 23.0 Å². The third-order valence-corrected chi connectivity index (χ3v) is 5.89. The molecule has 1 atom stereocenters. The molecule has 1 aromatic heterocycles. The SMILES string of the molecule is Cc1cc(OC(=O)[C@@H](CC(C)C)NC(=O)OCc2ccccc2)c2c3c(c(=O)oc2c1)CCC3. The molecule has 7 heteroatoms. The average molecular weight is 464 g/mol. The van der Waals surface area contributed by atoms with Crippen LogP contribution in [0.1, 0.15) is 48.9 Å². The molecule has 0 unspecified atom stereocenters. The molecule has 1 aliphatic carbocycles. The molecule has 0 saturated carbocycles. The lowest BCUT2D eigenvalue weighted by atomic mass is 10.0. The van der Waals surface area contributed by atoms with E-state index in [1.54, 1.807) is 12.1 Å². The second-order valence-corrected chi connectivity index (χ2v) is 9.15. The van der Waals surface area contributed by atoms with E-state index in [-0.39, 0.29) is 18.2 Å². The largest absolute Gasteiger partial charge is 0.445 e. The normalized spacial score (nSPS) is 13.5. The fourth-order valence-corrected chi connectivity index (χ4v) is 4.36. The van der Waals surface area contributed by atoms with Gasteiger partial charge in [-0.2, -0.15) is 0 Å². The second-order valence-electron chi connectivity index (χ2n) is 9.15. The summed E-state index contributed by atoms with van der Waals surface area (Å²) in [6.45, 7) is 5.86. The van der Waals surface area contributed by atoms with Gasteiger partial charge in [0.25, 0.3) is 0 Å². The van der Waals surface area contributed by atoms with Crippen LogP contribution < -0.4 is 15.7 Å². The zero-order valence-corrected chi connectivity index (χ0v) is 19.7. The van der Waals surface area contributed by atoms with Crippen molar-refractivity contribution in [1.82, 2.24) is 5.32 Å². The van der Waals surface area contributed by atoms with Crippen LogP contribution in [0.25, 0.3) is 11.0 Å². The molecule has 2 aromatic carbocycles. The van der Waals surface area contributed by atoms with Crippen molar-refractivity contribution in [2.24, 2.45) is 5.92 Å².